The van der Waals surface area contributed by atoms with Crippen LogP contribution in [0.3, 0.4) is 0 Å². The van der Waals surface area contributed by atoms with Crippen LogP contribution in [0.2, 0.25) is 0 Å². The molecule has 0 bridgehead atoms. The van der Waals surface area contributed by atoms with Crippen molar-refractivity contribution in [3.05, 3.63) is 11.8 Å². The maximum atomic E-state index is 12.2. The Morgan fingerprint density at radius 1 is 1.55 bits per heavy atom. The number of hydrogen-bond donors (Lipinski definition) is 3. The Kier molecular flexibility index (Phi) is 5.53. The van der Waals surface area contributed by atoms with Gasteiger partial charge in [-0.05, 0) is 25.3 Å². The Morgan fingerprint density at radius 3 is 3.10 bits per heavy atom. The van der Waals surface area contributed by atoms with Gasteiger partial charge in [0.2, 0.25) is 0 Å². The van der Waals surface area contributed by atoms with E-state index in [-0.39, 0.29) is 5.03 Å². The molecule has 1 atom stereocenters. The number of nitrogens with zero attached hydrogens (tertiary/aromatic N) is 1. The Hall–Kier alpha value is -0.960. The lowest BCUT2D eigenvalue weighted by Crippen LogP contribution is -2.28. The maximum absolute atomic E-state index is 12.2. The van der Waals surface area contributed by atoms with Crippen molar-refractivity contribution in [1.82, 2.24) is 20.2 Å². The normalized spacial score (nSPS) is 19.6. The third kappa shape index (κ3) is 4.02. The van der Waals surface area contributed by atoms with Gasteiger partial charge in [0, 0.05) is 31.9 Å². The minimum absolute atomic E-state index is 0.154. The maximum Gasteiger partial charge on any atom is 0.257 e. The zero-order chi connectivity index (χ0) is 14.4. The number of hydrogen-bond acceptors (Lipinski definition) is 5. The van der Waals surface area contributed by atoms with Gasteiger partial charge in [0.1, 0.15) is 0 Å². The summed E-state index contributed by atoms with van der Waals surface area (Å²) in [5.74, 6) is 0.459. The molecule has 8 heteroatoms. The Morgan fingerprint density at radius 2 is 2.40 bits per heavy atom. The average molecular weight is 302 g/mol. The molecule has 0 spiro atoms. The minimum Gasteiger partial charge on any atom is -0.381 e. The van der Waals surface area contributed by atoms with E-state index in [0.717, 1.165) is 32.6 Å². The molecule has 1 unspecified atom stereocenters. The molecule has 2 heterocycles. The quantitative estimate of drug-likeness (QED) is 0.638. The van der Waals surface area contributed by atoms with Crippen molar-refractivity contribution in [3.63, 3.8) is 0 Å². The van der Waals surface area contributed by atoms with Crippen molar-refractivity contribution in [1.29, 1.82) is 0 Å². The van der Waals surface area contributed by atoms with Crippen molar-refractivity contribution in [2.45, 2.75) is 31.3 Å². The molecule has 0 saturated carbocycles. The Labute approximate surface area is 119 Å². The van der Waals surface area contributed by atoms with Gasteiger partial charge in [-0.2, -0.15) is 5.10 Å². The predicted molar refractivity (Wildman–Crippen MR) is 74.7 cm³/mol. The lowest BCUT2D eigenvalue weighted by molar-refractivity contribution is 0.184. The van der Waals surface area contributed by atoms with Gasteiger partial charge < -0.3 is 10.1 Å². The molecule has 1 saturated heterocycles. The van der Waals surface area contributed by atoms with Crippen molar-refractivity contribution < 1.29 is 13.2 Å². The number of aromatic nitrogens is 2. The van der Waals surface area contributed by atoms with Crippen molar-refractivity contribution in [3.8, 4) is 0 Å². The first-order chi connectivity index (χ1) is 9.63. The summed E-state index contributed by atoms with van der Waals surface area (Å²) >= 11 is 0. The highest BCUT2D eigenvalue weighted by atomic mass is 32.2. The van der Waals surface area contributed by atoms with Gasteiger partial charge in [-0.1, -0.05) is 6.92 Å². The highest BCUT2D eigenvalue weighted by Crippen LogP contribution is 2.16. The Balaban J connectivity index is 1.90. The number of rotatable bonds is 8. The number of H-pyrrole nitrogens is 1. The van der Waals surface area contributed by atoms with E-state index in [4.69, 9.17) is 4.74 Å². The van der Waals surface area contributed by atoms with Crippen molar-refractivity contribution in [2.24, 2.45) is 5.92 Å². The summed E-state index contributed by atoms with van der Waals surface area (Å²) in [7, 11) is -3.52. The second kappa shape index (κ2) is 7.16. The second-order valence-electron chi connectivity index (χ2n) is 4.92. The van der Waals surface area contributed by atoms with Crippen LogP contribution in [0, 0.1) is 5.92 Å². The van der Waals surface area contributed by atoms with Crippen LogP contribution in [-0.2, 0) is 21.3 Å². The van der Waals surface area contributed by atoms with Crippen molar-refractivity contribution >= 4 is 10.0 Å². The molecule has 2 rings (SSSR count). The van der Waals surface area contributed by atoms with Crippen molar-refractivity contribution in [2.75, 3.05) is 26.3 Å². The third-order valence-electron chi connectivity index (χ3n) is 3.38. The second-order valence-corrected chi connectivity index (χ2v) is 6.62. The van der Waals surface area contributed by atoms with E-state index < -0.39 is 10.0 Å². The van der Waals surface area contributed by atoms with Crippen LogP contribution >= 0.6 is 0 Å². The topological polar surface area (TPSA) is 96.1 Å². The summed E-state index contributed by atoms with van der Waals surface area (Å²) in [4.78, 5) is 0. The Bertz CT molecular complexity index is 509. The van der Waals surface area contributed by atoms with Gasteiger partial charge in [0.15, 0.2) is 5.03 Å². The molecule has 7 nitrogen and oxygen atoms in total. The largest absolute Gasteiger partial charge is 0.381 e. The van der Waals surface area contributed by atoms with Gasteiger partial charge in [0.25, 0.3) is 10.0 Å². The standard InChI is InChI=1S/C12H22N4O3S/c1-2-13-7-11-8-14-16-12(11)20(17,18)15-5-3-10-4-6-19-9-10/h8,10,13,15H,2-7,9H2,1H3,(H,14,16). The van der Waals surface area contributed by atoms with Crippen LogP contribution in [0.1, 0.15) is 25.3 Å². The molecule has 114 valence electrons. The minimum atomic E-state index is -3.52. The van der Waals surface area contributed by atoms with Gasteiger partial charge >= 0.3 is 0 Å². The molecule has 1 aromatic rings. The van der Waals surface area contributed by atoms with E-state index in [2.05, 4.69) is 20.2 Å². The molecule has 0 aliphatic carbocycles. The highest BCUT2D eigenvalue weighted by Gasteiger charge is 2.21. The van der Waals surface area contributed by atoms with Crippen LogP contribution in [0.25, 0.3) is 0 Å². The van der Waals surface area contributed by atoms with E-state index in [1.165, 1.54) is 0 Å². The van der Waals surface area contributed by atoms with Gasteiger partial charge in [-0.25, -0.2) is 13.1 Å². The van der Waals surface area contributed by atoms with Crippen LogP contribution in [0.4, 0.5) is 0 Å². The molecule has 1 aromatic heterocycles. The fraction of sp³-hybridized carbons (Fsp3) is 0.750. The summed E-state index contributed by atoms with van der Waals surface area (Å²) in [6.45, 7) is 5.17. The van der Waals surface area contributed by atoms with Gasteiger partial charge in [-0.15, -0.1) is 0 Å². The number of ether oxygens (including phenoxy) is 1. The number of sulfonamides is 1. The predicted octanol–water partition coefficient (Wildman–Crippen LogP) is 0.224. The average Bonchev–Trinajstić information content (AvgIpc) is 3.07. The summed E-state index contributed by atoms with van der Waals surface area (Å²) < 4.78 is 32.3. The molecule has 0 amide bonds. The highest BCUT2D eigenvalue weighted by molar-refractivity contribution is 7.89. The SMILES string of the molecule is CCNCc1cn[nH]c1S(=O)(=O)NCCC1CCOC1. The first kappa shape index (κ1) is 15.4. The van der Waals surface area contributed by atoms with E-state index in [9.17, 15) is 8.42 Å². The zero-order valence-corrected chi connectivity index (χ0v) is 12.5. The lowest BCUT2D eigenvalue weighted by atomic mass is 10.1. The molecule has 1 aliphatic rings. The van der Waals surface area contributed by atoms with Gasteiger partial charge in [-0.3, -0.25) is 5.10 Å². The summed E-state index contributed by atoms with van der Waals surface area (Å²) in [6.07, 6.45) is 3.36. The van der Waals surface area contributed by atoms with Crippen LogP contribution in [0.5, 0.6) is 0 Å². The van der Waals surface area contributed by atoms with E-state index >= 15 is 0 Å². The number of nitrogens with one attached hydrogen (secondary N) is 3. The molecule has 3 N–H and O–H groups in total. The van der Waals surface area contributed by atoms with E-state index in [1.54, 1.807) is 6.20 Å². The fourth-order valence-electron chi connectivity index (χ4n) is 2.20. The van der Waals surface area contributed by atoms with E-state index in [1.807, 2.05) is 6.92 Å². The van der Waals surface area contributed by atoms with Crippen LogP contribution in [0.15, 0.2) is 11.2 Å². The first-order valence-corrected chi connectivity index (χ1v) is 8.42. The molecule has 1 fully saturated rings. The van der Waals surface area contributed by atoms with Gasteiger partial charge in [0.05, 0.1) is 6.20 Å². The third-order valence-corrected chi connectivity index (χ3v) is 4.86. The smallest absolute Gasteiger partial charge is 0.257 e. The van der Waals surface area contributed by atoms with E-state index in [0.29, 0.717) is 24.6 Å². The molecule has 20 heavy (non-hydrogen) atoms. The fourth-order valence-corrected chi connectivity index (χ4v) is 3.37. The molecular weight excluding hydrogens is 280 g/mol. The lowest BCUT2D eigenvalue weighted by Gasteiger charge is -2.09. The summed E-state index contributed by atoms with van der Waals surface area (Å²) in [6, 6.07) is 0. The molecule has 0 aromatic carbocycles. The molecule has 1 aliphatic heterocycles. The monoisotopic (exact) mass is 302 g/mol. The number of aromatic amines is 1. The zero-order valence-electron chi connectivity index (χ0n) is 11.7. The molecule has 0 radical (unpaired) electrons. The van der Waals surface area contributed by atoms with Crippen LogP contribution < -0.4 is 10.0 Å². The first-order valence-electron chi connectivity index (χ1n) is 6.94. The molecular formula is C12H22N4O3S. The van der Waals surface area contributed by atoms with Crippen LogP contribution in [-0.4, -0.2) is 44.9 Å². The summed E-state index contributed by atoms with van der Waals surface area (Å²) in [5, 5.41) is 9.64. The summed E-state index contributed by atoms with van der Waals surface area (Å²) in [5.41, 5.74) is 0.656.